The fraction of sp³-hybridized carbons (Fsp3) is 0.100. The van der Waals surface area contributed by atoms with Gasteiger partial charge in [0.25, 0.3) is 0 Å². The van der Waals surface area contributed by atoms with Crippen LogP contribution < -0.4 is 0 Å². The minimum absolute atomic E-state index is 0.340. The molecule has 4 aromatic carbocycles. The molecule has 0 fully saturated rings. The van der Waals surface area contributed by atoms with Crippen molar-refractivity contribution in [3.8, 4) is 0 Å². The largest absolute Gasteiger partial charge is 0.329 e. The number of fused-ring (bicyclic) bond motifs is 9. The summed E-state index contributed by atoms with van der Waals surface area (Å²) < 4.78 is 4.84. The SMILES string of the molecule is CC(C)(c1cnc2c3ccccc3c3ccccc3n12)n1c2ccccc2c2ccccc21. The van der Waals surface area contributed by atoms with Crippen molar-refractivity contribution in [3.63, 3.8) is 0 Å². The molecule has 7 aromatic rings. The van der Waals surface area contributed by atoms with Gasteiger partial charge < -0.3 is 4.57 Å². The van der Waals surface area contributed by atoms with Crippen molar-refractivity contribution in [2.45, 2.75) is 19.4 Å². The topological polar surface area (TPSA) is 22.2 Å². The van der Waals surface area contributed by atoms with E-state index in [9.17, 15) is 0 Å². The van der Waals surface area contributed by atoms with E-state index >= 15 is 0 Å². The van der Waals surface area contributed by atoms with Crippen molar-refractivity contribution in [2.75, 3.05) is 0 Å². The number of nitrogens with zero attached hydrogens (tertiary/aromatic N) is 3. The van der Waals surface area contributed by atoms with E-state index in [4.69, 9.17) is 4.98 Å². The first-order valence-electron chi connectivity index (χ1n) is 11.4. The minimum Gasteiger partial charge on any atom is -0.329 e. The van der Waals surface area contributed by atoms with Gasteiger partial charge in [-0.2, -0.15) is 0 Å². The van der Waals surface area contributed by atoms with Gasteiger partial charge in [0.2, 0.25) is 0 Å². The number of para-hydroxylation sites is 3. The quantitative estimate of drug-likeness (QED) is 0.262. The van der Waals surface area contributed by atoms with E-state index in [1.165, 1.54) is 49.2 Å². The Morgan fingerprint density at radius 3 is 1.61 bits per heavy atom. The molecule has 0 spiro atoms. The van der Waals surface area contributed by atoms with E-state index in [-0.39, 0.29) is 5.54 Å². The summed E-state index contributed by atoms with van der Waals surface area (Å²) in [5.74, 6) is 0. The van der Waals surface area contributed by atoms with Gasteiger partial charge in [0, 0.05) is 32.6 Å². The summed E-state index contributed by atoms with van der Waals surface area (Å²) >= 11 is 0. The van der Waals surface area contributed by atoms with Gasteiger partial charge in [-0.25, -0.2) is 4.98 Å². The molecule has 0 aliphatic carbocycles. The van der Waals surface area contributed by atoms with Crippen molar-refractivity contribution in [1.29, 1.82) is 0 Å². The molecule has 0 bridgehead atoms. The zero-order chi connectivity index (χ0) is 22.2. The summed E-state index contributed by atoms with van der Waals surface area (Å²) in [5, 5.41) is 6.24. The van der Waals surface area contributed by atoms with E-state index in [1.54, 1.807) is 0 Å². The number of imidazole rings is 1. The highest BCUT2D eigenvalue weighted by atomic mass is 15.1. The Balaban J connectivity index is 1.65. The van der Waals surface area contributed by atoms with Gasteiger partial charge in [-0.3, -0.25) is 4.40 Å². The lowest BCUT2D eigenvalue weighted by Crippen LogP contribution is -2.29. The molecule has 0 radical (unpaired) electrons. The van der Waals surface area contributed by atoms with Crippen LogP contribution in [-0.2, 0) is 5.54 Å². The zero-order valence-corrected chi connectivity index (χ0v) is 18.7. The number of hydrogen-bond acceptors (Lipinski definition) is 1. The summed E-state index contributed by atoms with van der Waals surface area (Å²) in [5.41, 5.74) is 5.51. The van der Waals surface area contributed by atoms with Gasteiger partial charge in [0.1, 0.15) is 5.65 Å². The smallest absolute Gasteiger partial charge is 0.145 e. The van der Waals surface area contributed by atoms with Crippen molar-refractivity contribution in [3.05, 3.63) is 109 Å². The third kappa shape index (κ3) is 2.37. The Morgan fingerprint density at radius 1 is 0.545 bits per heavy atom. The first-order valence-corrected chi connectivity index (χ1v) is 11.4. The van der Waals surface area contributed by atoms with Gasteiger partial charge in [0.05, 0.1) is 22.9 Å². The van der Waals surface area contributed by atoms with E-state index in [1.807, 2.05) is 0 Å². The monoisotopic (exact) mass is 425 g/mol. The average Bonchev–Trinajstić information content (AvgIpc) is 3.45. The van der Waals surface area contributed by atoms with Crippen LogP contribution in [0.5, 0.6) is 0 Å². The van der Waals surface area contributed by atoms with Crippen LogP contribution >= 0.6 is 0 Å². The highest BCUT2D eigenvalue weighted by Gasteiger charge is 2.31. The maximum absolute atomic E-state index is 4.98. The average molecular weight is 426 g/mol. The van der Waals surface area contributed by atoms with Gasteiger partial charge in [-0.1, -0.05) is 78.9 Å². The fourth-order valence-electron chi connectivity index (χ4n) is 5.67. The molecule has 3 aromatic heterocycles. The molecule has 3 heterocycles. The molecule has 0 N–H and O–H groups in total. The van der Waals surface area contributed by atoms with Crippen LogP contribution in [0.15, 0.2) is 103 Å². The second-order valence-electron chi connectivity index (χ2n) is 9.29. The molecule has 0 atom stereocenters. The zero-order valence-electron chi connectivity index (χ0n) is 18.7. The lowest BCUT2D eigenvalue weighted by Gasteiger charge is -2.29. The van der Waals surface area contributed by atoms with Crippen LogP contribution in [0, 0.1) is 0 Å². The molecule has 0 unspecified atom stereocenters. The Kier molecular flexibility index (Phi) is 3.61. The van der Waals surface area contributed by atoms with Crippen molar-refractivity contribution in [2.24, 2.45) is 0 Å². The fourth-order valence-corrected chi connectivity index (χ4v) is 5.67. The Labute approximate surface area is 191 Å². The molecule has 0 saturated heterocycles. The Hall–Kier alpha value is -4.11. The highest BCUT2D eigenvalue weighted by Crippen LogP contribution is 2.39. The lowest BCUT2D eigenvalue weighted by molar-refractivity contribution is 0.449. The van der Waals surface area contributed by atoms with Gasteiger partial charge in [0.15, 0.2) is 0 Å². The van der Waals surface area contributed by atoms with Crippen LogP contribution in [0.2, 0.25) is 0 Å². The van der Waals surface area contributed by atoms with E-state index < -0.39 is 0 Å². The Morgan fingerprint density at radius 2 is 1.00 bits per heavy atom. The summed E-state index contributed by atoms with van der Waals surface area (Å²) in [6.07, 6.45) is 2.07. The molecule has 0 aliphatic heterocycles. The van der Waals surface area contributed by atoms with E-state index in [2.05, 4.69) is 126 Å². The van der Waals surface area contributed by atoms with Gasteiger partial charge in [-0.05, 0) is 37.4 Å². The van der Waals surface area contributed by atoms with E-state index in [0.717, 1.165) is 5.65 Å². The second-order valence-corrected chi connectivity index (χ2v) is 9.29. The molecule has 33 heavy (non-hydrogen) atoms. The third-order valence-corrected chi connectivity index (χ3v) is 7.13. The molecule has 158 valence electrons. The number of benzene rings is 4. The molecule has 3 nitrogen and oxygen atoms in total. The second kappa shape index (κ2) is 6.46. The van der Waals surface area contributed by atoms with Crippen molar-refractivity contribution in [1.82, 2.24) is 14.0 Å². The first-order chi connectivity index (χ1) is 16.2. The number of rotatable bonds is 2. The third-order valence-electron chi connectivity index (χ3n) is 7.13. The molecular weight excluding hydrogens is 402 g/mol. The molecule has 0 saturated carbocycles. The van der Waals surface area contributed by atoms with Gasteiger partial charge >= 0.3 is 0 Å². The number of pyridine rings is 1. The molecule has 3 heteroatoms. The molecule has 0 amide bonds. The molecule has 0 aliphatic rings. The summed E-state index contributed by atoms with van der Waals surface area (Å²) in [6, 6.07) is 34.7. The Bertz CT molecular complexity index is 1800. The summed E-state index contributed by atoms with van der Waals surface area (Å²) in [6.45, 7) is 4.61. The van der Waals surface area contributed by atoms with Crippen LogP contribution in [0.25, 0.3) is 49.1 Å². The maximum atomic E-state index is 4.98. The number of aromatic nitrogens is 3. The highest BCUT2D eigenvalue weighted by molar-refractivity contribution is 6.12. The predicted molar refractivity (Wildman–Crippen MR) is 138 cm³/mol. The predicted octanol–water partition coefficient (Wildman–Crippen LogP) is 7.53. The standard InChI is InChI=1S/C30H23N3/c1-30(2,33-26-17-9-6-13-22(26)23-14-7-10-18-27(23)33)28-19-31-29-24-15-4-3-11-20(24)21-12-5-8-16-25(21)32(28)29/h3-19H,1-2H3. The van der Waals surface area contributed by atoms with Crippen LogP contribution in [0.1, 0.15) is 19.5 Å². The van der Waals surface area contributed by atoms with Gasteiger partial charge in [-0.15, -0.1) is 0 Å². The van der Waals surface area contributed by atoms with Crippen molar-refractivity contribution >= 4 is 49.1 Å². The van der Waals surface area contributed by atoms with E-state index in [0.29, 0.717) is 0 Å². The first kappa shape index (κ1) is 18.5. The number of hydrogen-bond donors (Lipinski definition) is 0. The maximum Gasteiger partial charge on any atom is 0.145 e. The van der Waals surface area contributed by atoms with Crippen molar-refractivity contribution < 1.29 is 0 Å². The minimum atomic E-state index is -0.340. The van der Waals surface area contributed by atoms with Crippen LogP contribution in [0.3, 0.4) is 0 Å². The lowest BCUT2D eigenvalue weighted by atomic mass is 9.99. The summed E-state index contributed by atoms with van der Waals surface area (Å²) in [4.78, 5) is 4.98. The normalized spacial score (nSPS) is 12.5. The summed E-state index contributed by atoms with van der Waals surface area (Å²) in [7, 11) is 0. The molecular formula is C30H23N3. The van der Waals surface area contributed by atoms with Crippen LogP contribution in [-0.4, -0.2) is 14.0 Å². The van der Waals surface area contributed by atoms with Crippen LogP contribution in [0.4, 0.5) is 0 Å². The molecule has 7 rings (SSSR count).